The highest BCUT2D eigenvalue weighted by molar-refractivity contribution is 9.10. The quantitative estimate of drug-likeness (QED) is 0.486. The van der Waals surface area contributed by atoms with Gasteiger partial charge in [0.05, 0.1) is 13.0 Å². The van der Waals surface area contributed by atoms with Crippen LogP contribution in [0, 0.1) is 5.82 Å². The van der Waals surface area contributed by atoms with Crippen molar-refractivity contribution in [3.8, 4) is 0 Å². The van der Waals surface area contributed by atoms with Crippen LogP contribution in [0.15, 0.2) is 53.1 Å². The number of halogens is 2. The second-order valence-corrected chi connectivity index (χ2v) is 6.55. The molecule has 0 atom stereocenters. The molecule has 0 bridgehead atoms. The highest BCUT2D eigenvalue weighted by atomic mass is 79.9. The normalized spacial score (nSPS) is 10.9. The zero-order valence-corrected chi connectivity index (χ0v) is 14.6. The van der Waals surface area contributed by atoms with Crippen LogP contribution in [-0.4, -0.2) is 17.6 Å². The molecule has 0 amide bonds. The molecular weight excluding hydrogens is 373 g/mol. The highest BCUT2D eigenvalue weighted by Crippen LogP contribution is 2.20. The Morgan fingerprint density at radius 2 is 1.96 bits per heavy atom. The Hall–Kier alpha value is -2.14. The van der Waals surface area contributed by atoms with Crippen molar-refractivity contribution >= 4 is 32.8 Å². The average molecular weight is 390 g/mol. The number of benzene rings is 2. The van der Waals surface area contributed by atoms with Gasteiger partial charge in [0.25, 0.3) is 0 Å². The number of aromatic amines is 1. The molecule has 0 aliphatic carbocycles. The Morgan fingerprint density at radius 1 is 1.17 bits per heavy atom. The lowest BCUT2D eigenvalue weighted by molar-refractivity contribution is -0.142. The minimum Gasteiger partial charge on any atom is -0.465 e. The van der Waals surface area contributed by atoms with E-state index in [1.165, 1.54) is 12.1 Å². The van der Waals surface area contributed by atoms with Gasteiger partial charge in [0.1, 0.15) is 5.82 Å². The first-order valence-corrected chi connectivity index (χ1v) is 8.57. The van der Waals surface area contributed by atoms with Crippen LogP contribution >= 0.6 is 15.9 Å². The van der Waals surface area contributed by atoms with Gasteiger partial charge in [-0.05, 0) is 54.3 Å². The Morgan fingerprint density at radius 3 is 2.75 bits per heavy atom. The largest absolute Gasteiger partial charge is 0.465 e. The van der Waals surface area contributed by atoms with E-state index >= 15 is 0 Å². The number of ether oxygens (including phenoxy) is 1. The number of hydrogen-bond donors (Lipinski definition) is 1. The number of fused-ring (bicyclic) bond motifs is 1. The maximum absolute atomic E-state index is 13.3. The fourth-order valence-electron chi connectivity index (χ4n) is 2.63. The van der Waals surface area contributed by atoms with E-state index < -0.39 is 0 Å². The number of esters is 1. The second-order valence-electron chi connectivity index (χ2n) is 5.63. The first-order valence-electron chi connectivity index (χ1n) is 7.77. The van der Waals surface area contributed by atoms with E-state index in [4.69, 9.17) is 4.74 Å². The summed E-state index contributed by atoms with van der Waals surface area (Å²) in [6, 6.07) is 12.3. The number of H-pyrrole nitrogens is 1. The van der Waals surface area contributed by atoms with Crippen LogP contribution in [0.25, 0.3) is 10.9 Å². The van der Waals surface area contributed by atoms with E-state index in [2.05, 4.69) is 20.9 Å². The van der Waals surface area contributed by atoms with E-state index in [1.807, 2.05) is 30.5 Å². The molecule has 3 nitrogen and oxygen atoms in total. The lowest BCUT2D eigenvalue weighted by atomic mass is 10.1. The number of aromatic nitrogens is 1. The van der Waals surface area contributed by atoms with Gasteiger partial charge in [-0.1, -0.05) is 28.1 Å². The van der Waals surface area contributed by atoms with Crippen LogP contribution in [0.2, 0.25) is 0 Å². The number of nitrogens with one attached hydrogen (secondary N) is 1. The fraction of sp³-hybridized carbons (Fsp3) is 0.211. The van der Waals surface area contributed by atoms with Crippen LogP contribution < -0.4 is 0 Å². The predicted octanol–water partition coefficient (Wildman–Crippen LogP) is 4.79. The van der Waals surface area contributed by atoms with Gasteiger partial charge in [-0.3, -0.25) is 4.79 Å². The first kappa shape index (κ1) is 16.7. The van der Waals surface area contributed by atoms with Gasteiger partial charge < -0.3 is 9.72 Å². The van der Waals surface area contributed by atoms with Crippen molar-refractivity contribution in [2.75, 3.05) is 6.61 Å². The monoisotopic (exact) mass is 389 g/mol. The number of carbonyl (C=O) groups excluding carboxylic acids is 1. The smallest absolute Gasteiger partial charge is 0.310 e. The van der Waals surface area contributed by atoms with Crippen molar-refractivity contribution in [3.05, 3.63) is 70.1 Å². The van der Waals surface area contributed by atoms with E-state index in [0.717, 1.165) is 32.9 Å². The summed E-state index contributed by atoms with van der Waals surface area (Å²) in [5.74, 6) is -0.480. The van der Waals surface area contributed by atoms with Gasteiger partial charge in [-0.15, -0.1) is 0 Å². The van der Waals surface area contributed by atoms with Gasteiger partial charge >= 0.3 is 5.97 Å². The zero-order chi connectivity index (χ0) is 16.9. The van der Waals surface area contributed by atoms with Crippen molar-refractivity contribution < 1.29 is 13.9 Å². The van der Waals surface area contributed by atoms with Crippen LogP contribution in [0.5, 0.6) is 0 Å². The molecule has 3 rings (SSSR count). The molecule has 2 aromatic carbocycles. The summed E-state index contributed by atoms with van der Waals surface area (Å²) >= 11 is 3.36. The number of aryl methyl sites for hydroxylation is 1. The molecule has 1 aromatic heterocycles. The van der Waals surface area contributed by atoms with Gasteiger partial charge in [-0.25, -0.2) is 4.39 Å². The summed E-state index contributed by atoms with van der Waals surface area (Å²) in [6.45, 7) is 0.358. The molecule has 1 N–H and O–H groups in total. The molecule has 1 heterocycles. The van der Waals surface area contributed by atoms with Gasteiger partial charge in [0, 0.05) is 21.6 Å². The summed E-state index contributed by atoms with van der Waals surface area (Å²) in [7, 11) is 0. The molecule has 0 fully saturated rings. The van der Waals surface area contributed by atoms with Crippen molar-refractivity contribution in [3.63, 3.8) is 0 Å². The molecule has 3 aromatic rings. The van der Waals surface area contributed by atoms with Crippen molar-refractivity contribution in [1.82, 2.24) is 4.98 Å². The molecule has 124 valence electrons. The van der Waals surface area contributed by atoms with Gasteiger partial charge in [0.15, 0.2) is 0 Å². The molecule has 0 radical (unpaired) electrons. The molecule has 0 aliphatic rings. The molecule has 0 unspecified atom stereocenters. The highest BCUT2D eigenvalue weighted by Gasteiger charge is 2.07. The van der Waals surface area contributed by atoms with Crippen molar-refractivity contribution in [2.45, 2.75) is 19.3 Å². The summed E-state index contributed by atoms with van der Waals surface area (Å²) in [4.78, 5) is 15.0. The third kappa shape index (κ3) is 4.23. The minimum atomic E-state index is -0.246. The predicted molar refractivity (Wildman–Crippen MR) is 95.4 cm³/mol. The molecule has 5 heteroatoms. The van der Waals surface area contributed by atoms with E-state index in [0.29, 0.717) is 13.0 Å². The number of hydrogen-bond acceptors (Lipinski definition) is 2. The average Bonchev–Trinajstić information content (AvgIpc) is 2.96. The third-order valence-electron chi connectivity index (χ3n) is 3.84. The standard InChI is InChI=1S/C19H17BrFNO2/c20-15-5-3-13(4-6-15)10-19(23)24-9-1-2-14-12-22-18-8-7-16(21)11-17(14)18/h3-8,11-12,22H,1-2,9-10H2. The van der Waals surface area contributed by atoms with E-state index in [-0.39, 0.29) is 18.2 Å². The molecule has 0 saturated carbocycles. The Labute approximate surface area is 148 Å². The topological polar surface area (TPSA) is 42.1 Å². The SMILES string of the molecule is O=C(Cc1ccc(Br)cc1)OCCCc1c[nH]c2ccc(F)cc12. The van der Waals surface area contributed by atoms with Crippen molar-refractivity contribution in [1.29, 1.82) is 0 Å². The number of rotatable bonds is 6. The first-order chi connectivity index (χ1) is 11.6. The van der Waals surface area contributed by atoms with Gasteiger partial charge in [-0.2, -0.15) is 0 Å². The van der Waals surface area contributed by atoms with E-state index in [1.54, 1.807) is 6.07 Å². The fourth-order valence-corrected chi connectivity index (χ4v) is 2.89. The third-order valence-corrected chi connectivity index (χ3v) is 4.37. The summed E-state index contributed by atoms with van der Waals surface area (Å²) < 4.78 is 19.6. The zero-order valence-electron chi connectivity index (χ0n) is 13.0. The Bertz CT molecular complexity index is 842. The molecular formula is C19H17BrFNO2. The van der Waals surface area contributed by atoms with E-state index in [9.17, 15) is 9.18 Å². The summed E-state index contributed by atoms with van der Waals surface area (Å²) in [6.07, 6.45) is 3.59. The maximum atomic E-state index is 13.3. The van der Waals surface area contributed by atoms with Crippen LogP contribution in [-0.2, 0) is 22.4 Å². The van der Waals surface area contributed by atoms with Crippen LogP contribution in [0.4, 0.5) is 4.39 Å². The second kappa shape index (κ2) is 7.62. The Balaban J connectivity index is 1.47. The lowest BCUT2D eigenvalue weighted by Gasteiger charge is -2.05. The molecule has 24 heavy (non-hydrogen) atoms. The van der Waals surface area contributed by atoms with Crippen LogP contribution in [0.1, 0.15) is 17.5 Å². The van der Waals surface area contributed by atoms with Crippen molar-refractivity contribution in [2.24, 2.45) is 0 Å². The maximum Gasteiger partial charge on any atom is 0.310 e. The summed E-state index contributed by atoms with van der Waals surface area (Å²) in [5, 5.41) is 0.885. The molecule has 0 spiro atoms. The molecule has 0 aliphatic heterocycles. The molecule has 0 saturated heterocycles. The Kier molecular flexibility index (Phi) is 5.30. The summed E-state index contributed by atoms with van der Waals surface area (Å²) in [5.41, 5.74) is 2.88. The lowest BCUT2D eigenvalue weighted by Crippen LogP contribution is -2.09. The van der Waals surface area contributed by atoms with Crippen LogP contribution in [0.3, 0.4) is 0 Å². The number of carbonyl (C=O) groups is 1. The van der Waals surface area contributed by atoms with Gasteiger partial charge in [0.2, 0.25) is 0 Å². The minimum absolute atomic E-state index is 0.234.